The van der Waals surface area contributed by atoms with Gasteiger partial charge in [-0.25, -0.2) is 0 Å². The predicted molar refractivity (Wildman–Crippen MR) is 76.9 cm³/mol. The highest BCUT2D eigenvalue weighted by atomic mass is 16.5. The number of hydrogen-bond acceptors (Lipinski definition) is 3. The molecule has 3 nitrogen and oxygen atoms in total. The number of rotatable bonds is 4. The Morgan fingerprint density at radius 2 is 1.89 bits per heavy atom. The van der Waals surface area contributed by atoms with Crippen molar-refractivity contribution in [1.29, 1.82) is 0 Å². The van der Waals surface area contributed by atoms with Gasteiger partial charge in [0, 0.05) is 5.56 Å². The molecule has 3 heteroatoms. The SMILES string of the molecule is COc1cc(C)cc(C)c1C(NN)C1CC2CC2C1. The number of fused-ring (bicyclic) bond motifs is 1. The molecule has 0 amide bonds. The standard InChI is InChI=1S/C16H24N2O/c1-9-4-10(2)15(14(5-9)19-3)16(18-17)13-7-11-6-12(11)8-13/h4-5,11-13,16,18H,6-8,17H2,1-3H3. The monoisotopic (exact) mass is 260 g/mol. The molecular weight excluding hydrogens is 236 g/mol. The van der Waals surface area contributed by atoms with E-state index in [4.69, 9.17) is 10.6 Å². The quantitative estimate of drug-likeness (QED) is 0.646. The number of hydrazine groups is 1. The zero-order valence-electron chi connectivity index (χ0n) is 12.1. The van der Waals surface area contributed by atoms with Crippen LogP contribution in [0.25, 0.3) is 0 Å². The van der Waals surface area contributed by atoms with Crippen molar-refractivity contribution in [2.24, 2.45) is 23.6 Å². The summed E-state index contributed by atoms with van der Waals surface area (Å²) < 4.78 is 5.59. The Kier molecular flexibility index (Phi) is 3.27. The van der Waals surface area contributed by atoms with Crippen LogP contribution in [0, 0.1) is 31.6 Å². The minimum Gasteiger partial charge on any atom is -0.496 e. The van der Waals surface area contributed by atoms with Gasteiger partial charge in [-0.2, -0.15) is 0 Å². The second-order valence-electron chi connectivity index (χ2n) is 6.33. The van der Waals surface area contributed by atoms with Gasteiger partial charge in [0.25, 0.3) is 0 Å². The number of methoxy groups -OCH3 is 1. The molecule has 1 aromatic carbocycles. The molecule has 1 aromatic rings. The number of nitrogens with one attached hydrogen (secondary N) is 1. The summed E-state index contributed by atoms with van der Waals surface area (Å²) >= 11 is 0. The molecule has 0 aromatic heterocycles. The van der Waals surface area contributed by atoms with E-state index in [1.54, 1.807) is 7.11 Å². The number of nitrogens with two attached hydrogens (primary N) is 1. The summed E-state index contributed by atoms with van der Waals surface area (Å²) in [6.07, 6.45) is 4.07. The zero-order valence-corrected chi connectivity index (χ0v) is 12.1. The summed E-state index contributed by atoms with van der Waals surface area (Å²) in [6.45, 7) is 4.26. The smallest absolute Gasteiger partial charge is 0.124 e. The summed E-state index contributed by atoms with van der Waals surface area (Å²) in [4.78, 5) is 0. The van der Waals surface area contributed by atoms with Crippen LogP contribution in [0.3, 0.4) is 0 Å². The van der Waals surface area contributed by atoms with Gasteiger partial charge in [-0.15, -0.1) is 0 Å². The van der Waals surface area contributed by atoms with Crippen LogP contribution in [-0.2, 0) is 0 Å². The van der Waals surface area contributed by atoms with E-state index < -0.39 is 0 Å². The fourth-order valence-electron chi connectivity index (χ4n) is 4.00. The molecule has 2 aliphatic rings. The molecule has 0 heterocycles. The van der Waals surface area contributed by atoms with Gasteiger partial charge in [-0.1, -0.05) is 6.07 Å². The average Bonchev–Trinajstić information content (AvgIpc) is 2.99. The molecule has 19 heavy (non-hydrogen) atoms. The molecule has 0 bridgehead atoms. The lowest BCUT2D eigenvalue weighted by Gasteiger charge is -2.28. The summed E-state index contributed by atoms with van der Waals surface area (Å²) in [5.74, 6) is 9.44. The first-order valence-electron chi connectivity index (χ1n) is 7.25. The number of aryl methyl sites for hydroxylation is 2. The largest absolute Gasteiger partial charge is 0.496 e. The summed E-state index contributed by atoms with van der Waals surface area (Å²) in [5.41, 5.74) is 6.83. The van der Waals surface area contributed by atoms with E-state index in [0.29, 0.717) is 5.92 Å². The Labute approximate surface area is 115 Å². The maximum Gasteiger partial charge on any atom is 0.124 e. The fraction of sp³-hybridized carbons (Fsp3) is 0.625. The summed E-state index contributed by atoms with van der Waals surface area (Å²) in [6, 6.07) is 4.56. The summed E-state index contributed by atoms with van der Waals surface area (Å²) in [5, 5.41) is 0. The third-order valence-electron chi connectivity index (χ3n) is 4.96. The third-order valence-corrected chi connectivity index (χ3v) is 4.96. The van der Waals surface area contributed by atoms with Crippen LogP contribution in [-0.4, -0.2) is 7.11 Å². The highest BCUT2D eigenvalue weighted by Gasteiger charge is 2.48. The van der Waals surface area contributed by atoms with Crippen molar-refractivity contribution < 1.29 is 4.74 Å². The molecular formula is C16H24N2O. The molecule has 104 valence electrons. The van der Waals surface area contributed by atoms with Crippen molar-refractivity contribution >= 4 is 0 Å². The van der Waals surface area contributed by atoms with Gasteiger partial charge in [0.2, 0.25) is 0 Å². The number of ether oxygens (including phenoxy) is 1. The zero-order chi connectivity index (χ0) is 13.6. The molecule has 3 N–H and O–H groups in total. The summed E-state index contributed by atoms with van der Waals surface area (Å²) in [7, 11) is 1.75. The molecule has 3 unspecified atom stereocenters. The molecule has 0 spiro atoms. The van der Waals surface area contributed by atoms with Crippen molar-refractivity contribution in [1.82, 2.24) is 5.43 Å². The maximum atomic E-state index is 5.87. The van der Waals surface area contributed by atoms with Gasteiger partial charge >= 0.3 is 0 Å². The van der Waals surface area contributed by atoms with E-state index in [2.05, 4.69) is 31.4 Å². The van der Waals surface area contributed by atoms with Crippen molar-refractivity contribution in [2.75, 3.05) is 7.11 Å². The van der Waals surface area contributed by atoms with Crippen LogP contribution in [0.1, 0.15) is 42.0 Å². The van der Waals surface area contributed by atoms with Crippen LogP contribution < -0.4 is 16.0 Å². The molecule has 0 aliphatic heterocycles. The first-order valence-corrected chi connectivity index (χ1v) is 7.25. The van der Waals surface area contributed by atoms with Gasteiger partial charge in [-0.3, -0.25) is 11.3 Å². The Hall–Kier alpha value is -1.06. The van der Waals surface area contributed by atoms with Gasteiger partial charge in [0.1, 0.15) is 5.75 Å². The van der Waals surface area contributed by atoms with Crippen LogP contribution in [0.4, 0.5) is 0 Å². The van der Waals surface area contributed by atoms with E-state index in [1.807, 2.05) is 0 Å². The minimum absolute atomic E-state index is 0.225. The van der Waals surface area contributed by atoms with Gasteiger partial charge in [0.15, 0.2) is 0 Å². The van der Waals surface area contributed by atoms with Crippen molar-refractivity contribution in [3.05, 3.63) is 28.8 Å². The van der Waals surface area contributed by atoms with Gasteiger partial charge in [0.05, 0.1) is 13.2 Å². The van der Waals surface area contributed by atoms with Crippen molar-refractivity contribution in [2.45, 2.75) is 39.2 Å². The minimum atomic E-state index is 0.225. The lowest BCUT2D eigenvalue weighted by molar-refractivity contribution is 0.328. The van der Waals surface area contributed by atoms with Crippen molar-refractivity contribution in [3.8, 4) is 5.75 Å². The Morgan fingerprint density at radius 1 is 1.21 bits per heavy atom. The topological polar surface area (TPSA) is 47.3 Å². The van der Waals surface area contributed by atoms with E-state index in [-0.39, 0.29) is 6.04 Å². The van der Waals surface area contributed by atoms with Gasteiger partial charge < -0.3 is 4.74 Å². The highest BCUT2D eigenvalue weighted by Crippen LogP contribution is 2.57. The Bertz CT molecular complexity index is 476. The molecule has 2 fully saturated rings. The van der Waals surface area contributed by atoms with Crippen LogP contribution in [0.2, 0.25) is 0 Å². The van der Waals surface area contributed by atoms with Crippen LogP contribution in [0.15, 0.2) is 12.1 Å². The Morgan fingerprint density at radius 3 is 2.47 bits per heavy atom. The molecule has 0 radical (unpaired) electrons. The average molecular weight is 260 g/mol. The van der Waals surface area contributed by atoms with Gasteiger partial charge in [-0.05, 0) is 68.1 Å². The highest BCUT2D eigenvalue weighted by molar-refractivity contribution is 5.45. The molecule has 0 saturated heterocycles. The Balaban J connectivity index is 1.94. The first kappa shape index (κ1) is 12.9. The van der Waals surface area contributed by atoms with Crippen LogP contribution in [0.5, 0.6) is 5.75 Å². The van der Waals surface area contributed by atoms with E-state index >= 15 is 0 Å². The van der Waals surface area contributed by atoms with Crippen molar-refractivity contribution in [3.63, 3.8) is 0 Å². The first-order chi connectivity index (χ1) is 9.13. The lowest BCUT2D eigenvalue weighted by atomic mass is 9.86. The van der Waals surface area contributed by atoms with E-state index in [1.165, 1.54) is 36.0 Å². The second-order valence-corrected chi connectivity index (χ2v) is 6.33. The maximum absolute atomic E-state index is 5.87. The van der Waals surface area contributed by atoms with Crippen LogP contribution >= 0.6 is 0 Å². The normalized spacial score (nSPS) is 30.0. The van der Waals surface area contributed by atoms with E-state index in [0.717, 1.165) is 17.6 Å². The molecule has 2 saturated carbocycles. The predicted octanol–water partition coefficient (Wildman–Crippen LogP) is 2.86. The third kappa shape index (κ3) is 2.26. The van der Waals surface area contributed by atoms with E-state index in [9.17, 15) is 0 Å². The lowest BCUT2D eigenvalue weighted by Crippen LogP contribution is -2.34. The molecule has 3 rings (SSSR count). The number of hydrogen-bond donors (Lipinski definition) is 2. The fourth-order valence-corrected chi connectivity index (χ4v) is 4.00. The molecule has 3 atom stereocenters. The molecule has 2 aliphatic carbocycles. The number of benzene rings is 1. The second kappa shape index (κ2) is 4.80.